The fourth-order valence-electron chi connectivity index (χ4n) is 5.21. The van der Waals surface area contributed by atoms with E-state index in [4.69, 9.17) is 14.5 Å². The summed E-state index contributed by atoms with van der Waals surface area (Å²) in [7, 11) is 0. The maximum absolute atomic E-state index is 13.5. The normalized spacial score (nSPS) is 19.0. The third kappa shape index (κ3) is 6.56. The summed E-state index contributed by atoms with van der Waals surface area (Å²) in [5, 5.41) is 0. The molecule has 0 unspecified atom stereocenters. The van der Waals surface area contributed by atoms with Crippen LogP contribution in [0.2, 0.25) is 0 Å². The number of ether oxygens (including phenoxy) is 2. The van der Waals surface area contributed by atoms with Crippen molar-refractivity contribution in [3.05, 3.63) is 59.8 Å². The van der Waals surface area contributed by atoms with Gasteiger partial charge >= 0.3 is 12.2 Å². The van der Waals surface area contributed by atoms with Crippen LogP contribution in [-0.4, -0.2) is 40.3 Å². The number of hydrogen-bond donors (Lipinski definition) is 0. The number of carbonyl (C=O) groups is 2. The summed E-state index contributed by atoms with van der Waals surface area (Å²) < 4.78 is 11.6. The molecule has 1 saturated carbocycles. The van der Waals surface area contributed by atoms with E-state index in [1.807, 2.05) is 63.2 Å². The van der Waals surface area contributed by atoms with Gasteiger partial charge in [-0.05, 0) is 64.5 Å². The van der Waals surface area contributed by atoms with E-state index in [2.05, 4.69) is 0 Å². The van der Waals surface area contributed by atoms with Gasteiger partial charge < -0.3 is 14.4 Å². The molecule has 2 aliphatic rings. The summed E-state index contributed by atoms with van der Waals surface area (Å²) in [5.74, 6) is 0.603. The zero-order valence-electron chi connectivity index (χ0n) is 21.8. The fourth-order valence-corrected chi connectivity index (χ4v) is 5.21. The number of benzene rings is 1. The number of likely N-dealkylation sites (tertiary alicyclic amines) is 1. The first-order chi connectivity index (χ1) is 17.3. The number of hydrogen-bond acceptors (Lipinski definition) is 5. The van der Waals surface area contributed by atoms with E-state index in [0.29, 0.717) is 12.4 Å². The van der Waals surface area contributed by atoms with Gasteiger partial charge in [0.15, 0.2) is 0 Å². The van der Waals surface area contributed by atoms with Crippen LogP contribution in [0, 0.1) is 0 Å². The smallest absolute Gasteiger partial charge is 0.416 e. The highest BCUT2D eigenvalue weighted by atomic mass is 16.6. The number of rotatable bonds is 5. The fraction of sp³-hybridized carbons (Fsp3) is 0.552. The van der Waals surface area contributed by atoms with Crippen molar-refractivity contribution in [1.82, 2.24) is 9.88 Å². The van der Waals surface area contributed by atoms with Crippen molar-refractivity contribution >= 4 is 18.0 Å². The van der Waals surface area contributed by atoms with E-state index in [1.165, 1.54) is 6.42 Å². The van der Waals surface area contributed by atoms with Crippen molar-refractivity contribution < 1.29 is 19.1 Å². The molecule has 194 valence electrons. The van der Waals surface area contributed by atoms with Crippen LogP contribution in [0.25, 0.3) is 0 Å². The van der Waals surface area contributed by atoms with Gasteiger partial charge in [-0.2, -0.15) is 0 Å². The Balaban J connectivity index is 1.62. The lowest BCUT2D eigenvalue weighted by atomic mass is 9.92. The molecule has 2 heterocycles. The third-order valence-corrected chi connectivity index (χ3v) is 6.88. The van der Waals surface area contributed by atoms with Crippen LogP contribution in [0.1, 0.15) is 89.3 Å². The Morgan fingerprint density at radius 2 is 1.69 bits per heavy atom. The van der Waals surface area contributed by atoms with Crippen LogP contribution in [0.15, 0.2) is 48.7 Å². The Labute approximate surface area is 214 Å². The maximum atomic E-state index is 13.5. The standard InChI is InChI=1S/C29H39N3O4/c1-29(2,3)36-28(34)32(23-15-8-5-9-16-23)26-24(17-12-19-30-26)25-18-10-11-20-31(25)27(33)35-21-22-13-6-4-7-14-22/h4,6-7,12-14,17,19,23,25H,5,8-11,15-16,18,20-21H2,1-3H3/t25-/m1/s1. The Bertz CT molecular complexity index is 1010. The van der Waals surface area contributed by atoms with Crippen LogP contribution in [0.5, 0.6) is 0 Å². The minimum Gasteiger partial charge on any atom is -0.445 e. The quantitative estimate of drug-likeness (QED) is 0.447. The first kappa shape index (κ1) is 26.0. The van der Waals surface area contributed by atoms with E-state index in [-0.39, 0.29) is 30.9 Å². The number of carbonyl (C=O) groups excluding carboxylic acids is 2. The van der Waals surface area contributed by atoms with Gasteiger partial charge in [0.1, 0.15) is 18.0 Å². The Kier molecular flexibility index (Phi) is 8.49. The van der Waals surface area contributed by atoms with E-state index >= 15 is 0 Å². The molecule has 1 aliphatic heterocycles. The zero-order chi connectivity index (χ0) is 25.5. The molecule has 0 radical (unpaired) electrons. The molecule has 1 saturated heterocycles. The molecule has 7 heteroatoms. The van der Waals surface area contributed by atoms with Gasteiger partial charge in [0.25, 0.3) is 0 Å². The molecular weight excluding hydrogens is 454 g/mol. The largest absolute Gasteiger partial charge is 0.445 e. The predicted octanol–water partition coefficient (Wildman–Crippen LogP) is 7.02. The van der Waals surface area contributed by atoms with Crippen LogP contribution in [-0.2, 0) is 16.1 Å². The van der Waals surface area contributed by atoms with E-state index in [9.17, 15) is 9.59 Å². The minimum atomic E-state index is -0.614. The molecule has 7 nitrogen and oxygen atoms in total. The van der Waals surface area contributed by atoms with Crippen molar-refractivity contribution in [3.63, 3.8) is 0 Å². The molecule has 2 fully saturated rings. The lowest BCUT2D eigenvalue weighted by molar-refractivity contribution is 0.0554. The topological polar surface area (TPSA) is 72.0 Å². The van der Waals surface area contributed by atoms with Gasteiger partial charge in [-0.1, -0.05) is 55.7 Å². The molecule has 1 atom stereocenters. The predicted molar refractivity (Wildman–Crippen MR) is 140 cm³/mol. The summed E-state index contributed by atoms with van der Waals surface area (Å²) in [6.07, 6.45) is 8.90. The Hall–Kier alpha value is -3.09. The second-order valence-corrected chi connectivity index (χ2v) is 10.8. The number of aromatic nitrogens is 1. The van der Waals surface area contributed by atoms with E-state index < -0.39 is 5.60 Å². The lowest BCUT2D eigenvalue weighted by Crippen LogP contribution is -2.46. The van der Waals surface area contributed by atoms with Gasteiger partial charge in [0.05, 0.1) is 6.04 Å². The van der Waals surface area contributed by atoms with Crippen molar-refractivity contribution in [1.29, 1.82) is 0 Å². The molecule has 1 aromatic heterocycles. The Morgan fingerprint density at radius 3 is 2.42 bits per heavy atom. The van der Waals surface area contributed by atoms with Crippen LogP contribution in [0.4, 0.5) is 15.4 Å². The first-order valence-corrected chi connectivity index (χ1v) is 13.3. The van der Waals surface area contributed by atoms with Gasteiger partial charge in [-0.15, -0.1) is 0 Å². The highest BCUT2D eigenvalue weighted by molar-refractivity contribution is 5.88. The number of amides is 2. The van der Waals surface area contributed by atoms with Crippen molar-refractivity contribution in [2.75, 3.05) is 11.4 Å². The van der Waals surface area contributed by atoms with E-state index in [0.717, 1.165) is 56.1 Å². The summed E-state index contributed by atoms with van der Waals surface area (Å²) in [5.41, 5.74) is 1.22. The third-order valence-electron chi connectivity index (χ3n) is 6.88. The molecule has 4 rings (SSSR count). The summed E-state index contributed by atoms with van der Waals surface area (Å²) in [6.45, 7) is 6.50. The maximum Gasteiger partial charge on any atom is 0.416 e. The Morgan fingerprint density at radius 1 is 0.972 bits per heavy atom. The number of pyridine rings is 1. The highest BCUT2D eigenvalue weighted by Crippen LogP contribution is 2.38. The molecule has 0 spiro atoms. The number of piperidine rings is 1. The summed E-state index contributed by atoms with van der Waals surface area (Å²) >= 11 is 0. The van der Waals surface area contributed by atoms with Crippen LogP contribution < -0.4 is 4.90 Å². The summed E-state index contributed by atoms with van der Waals surface area (Å²) in [4.78, 5) is 35.1. The lowest BCUT2D eigenvalue weighted by Gasteiger charge is -2.39. The van der Waals surface area contributed by atoms with Gasteiger partial charge in [-0.25, -0.2) is 14.6 Å². The molecule has 36 heavy (non-hydrogen) atoms. The van der Waals surface area contributed by atoms with Gasteiger partial charge in [-0.3, -0.25) is 4.90 Å². The minimum absolute atomic E-state index is 0.0318. The van der Waals surface area contributed by atoms with Gasteiger partial charge in [0, 0.05) is 24.3 Å². The molecule has 0 N–H and O–H groups in total. The van der Waals surface area contributed by atoms with Crippen molar-refractivity contribution in [2.24, 2.45) is 0 Å². The monoisotopic (exact) mass is 493 g/mol. The molecule has 1 aliphatic carbocycles. The zero-order valence-corrected chi connectivity index (χ0v) is 21.8. The molecule has 1 aromatic carbocycles. The number of nitrogens with zero attached hydrogens (tertiary/aromatic N) is 3. The summed E-state index contributed by atoms with van der Waals surface area (Å²) in [6, 6.07) is 13.4. The molecular formula is C29H39N3O4. The average Bonchev–Trinajstić information content (AvgIpc) is 2.88. The molecule has 2 aromatic rings. The number of anilines is 1. The second-order valence-electron chi connectivity index (χ2n) is 10.8. The SMILES string of the molecule is CC(C)(C)OC(=O)N(c1ncccc1[C@H]1CCCCN1C(=O)OCc1ccccc1)C1CCCCC1. The molecule has 0 bridgehead atoms. The second kappa shape index (κ2) is 11.8. The van der Waals surface area contributed by atoms with Crippen LogP contribution in [0.3, 0.4) is 0 Å². The van der Waals surface area contributed by atoms with Crippen molar-refractivity contribution in [2.45, 2.75) is 96.4 Å². The van der Waals surface area contributed by atoms with E-state index in [1.54, 1.807) is 16.0 Å². The first-order valence-electron chi connectivity index (χ1n) is 13.3. The van der Waals surface area contributed by atoms with Crippen molar-refractivity contribution in [3.8, 4) is 0 Å². The van der Waals surface area contributed by atoms with Crippen LogP contribution >= 0.6 is 0 Å². The average molecular weight is 494 g/mol. The highest BCUT2D eigenvalue weighted by Gasteiger charge is 2.37. The molecule has 2 amide bonds. The van der Waals surface area contributed by atoms with Gasteiger partial charge in [0.2, 0.25) is 0 Å².